The van der Waals surface area contributed by atoms with Gasteiger partial charge in [-0.25, -0.2) is 0 Å². The first-order valence-electron chi connectivity index (χ1n) is 4.22. The van der Waals surface area contributed by atoms with Gasteiger partial charge in [0.05, 0.1) is 9.87 Å². The third kappa shape index (κ3) is 3.43. The van der Waals surface area contributed by atoms with Gasteiger partial charge < -0.3 is 11.1 Å². The van der Waals surface area contributed by atoms with Crippen LogP contribution in [0, 0.1) is 6.92 Å². The molecule has 1 amide bonds. The number of amides is 1. The first-order chi connectivity index (χ1) is 6.59. The topological polar surface area (TPSA) is 55.1 Å². The summed E-state index contributed by atoms with van der Waals surface area (Å²) in [6, 6.07) is 3.74. The molecule has 1 heterocycles. The van der Waals surface area contributed by atoms with Crippen LogP contribution in [0.15, 0.2) is 12.1 Å². The van der Waals surface area contributed by atoms with Crippen LogP contribution >= 0.6 is 23.6 Å². The smallest absolute Gasteiger partial charge is 0.261 e. The summed E-state index contributed by atoms with van der Waals surface area (Å²) in [5.41, 5.74) is 5.30. The van der Waals surface area contributed by atoms with E-state index in [1.165, 1.54) is 11.3 Å². The molecule has 0 aliphatic rings. The van der Waals surface area contributed by atoms with Gasteiger partial charge in [0.25, 0.3) is 5.91 Å². The number of aryl methyl sites for hydroxylation is 1. The van der Waals surface area contributed by atoms with E-state index in [0.29, 0.717) is 18.0 Å². The highest BCUT2D eigenvalue weighted by Gasteiger charge is 2.06. The van der Waals surface area contributed by atoms with Crippen molar-refractivity contribution in [3.05, 3.63) is 21.9 Å². The van der Waals surface area contributed by atoms with Crippen LogP contribution in [-0.2, 0) is 0 Å². The average molecular weight is 228 g/mol. The second kappa shape index (κ2) is 5.07. The van der Waals surface area contributed by atoms with Crippen LogP contribution in [0.3, 0.4) is 0 Å². The van der Waals surface area contributed by atoms with Crippen molar-refractivity contribution >= 4 is 34.5 Å². The normalized spacial score (nSPS) is 9.79. The third-order valence-corrected chi connectivity index (χ3v) is 2.82. The molecule has 0 spiro atoms. The molecule has 0 saturated heterocycles. The van der Waals surface area contributed by atoms with Crippen LogP contribution in [0.1, 0.15) is 21.0 Å². The van der Waals surface area contributed by atoms with Gasteiger partial charge in [-0.3, -0.25) is 4.79 Å². The monoisotopic (exact) mass is 228 g/mol. The van der Waals surface area contributed by atoms with Gasteiger partial charge in [0.15, 0.2) is 0 Å². The van der Waals surface area contributed by atoms with Crippen molar-refractivity contribution in [3.63, 3.8) is 0 Å². The maximum Gasteiger partial charge on any atom is 0.261 e. The van der Waals surface area contributed by atoms with E-state index in [2.05, 4.69) is 5.32 Å². The van der Waals surface area contributed by atoms with Gasteiger partial charge in [-0.05, 0) is 19.1 Å². The van der Waals surface area contributed by atoms with E-state index < -0.39 is 0 Å². The zero-order chi connectivity index (χ0) is 10.6. The van der Waals surface area contributed by atoms with Gasteiger partial charge in [0.2, 0.25) is 0 Å². The quantitative estimate of drug-likeness (QED) is 0.767. The van der Waals surface area contributed by atoms with E-state index in [9.17, 15) is 4.79 Å². The molecule has 3 N–H and O–H groups in total. The lowest BCUT2D eigenvalue weighted by atomic mass is 10.4. The first-order valence-corrected chi connectivity index (χ1v) is 5.45. The Morgan fingerprint density at radius 3 is 2.86 bits per heavy atom. The van der Waals surface area contributed by atoms with Gasteiger partial charge in [-0.2, -0.15) is 0 Å². The van der Waals surface area contributed by atoms with Gasteiger partial charge in [0, 0.05) is 17.8 Å². The van der Waals surface area contributed by atoms with Gasteiger partial charge in [-0.1, -0.05) is 12.2 Å². The number of carbonyl (C=O) groups is 1. The van der Waals surface area contributed by atoms with Crippen molar-refractivity contribution in [2.45, 2.75) is 13.3 Å². The summed E-state index contributed by atoms with van der Waals surface area (Å²) in [4.78, 5) is 13.7. The minimum Gasteiger partial charge on any atom is -0.393 e. The van der Waals surface area contributed by atoms with Crippen molar-refractivity contribution in [1.82, 2.24) is 5.32 Å². The fourth-order valence-electron chi connectivity index (χ4n) is 0.943. The lowest BCUT2D eigenvalue weighted by Crippen LogP contribution is -2.26. The van der Waals surface area contributed by atoms with Crippen LogP contribution < -0.4 is 11.1 Å². The molecule has 0 aliphatic carbocycles. The number of hydrogen-bond acceptors (Lipinski definition) is 3. The minimum atomic E-state index is -0.0562. The second-order valence-electron chi connectivity index (χ2n) is 2.88. The van der Waals surface area contributed by atoms with Crippen LogP contribution in [0.2, 0.25) is 0 Å². The fraction of sp³-hybridized carbons (Fsp3) is 0.333. The molecular weight excluding hydrogens is 216 g/mol. The summed E-state index contributed by atoms with van der Waals surface area (Å²) >= 11 is 6.18. The zero-order valence-electron chi connectivity index (χ0n) is 7.87. The highest BCUT2D eigenvalue weighted by molar-refractivity contribution is 7.80. The highest BCUT2D eigenvalue weighted by Crippen LogP contribution is 2.14. The Hall–Kier alpha value is -0.940. The van der Waals surface area contributed by atoms with Crippen molar-refractivity contribution in [1.29, 1.82) is 0 Å². The Balaban J connectivity index is 2.39. The lowest BCUT2D eigenvalue weighted by molar-refractivity contribution is 0.0959. The van der Waals surface area contributed by atoms with Crippen molar-refractivity contribution in [3.8, 4) is 0 Å². The number of thiocarbonyl (C=S) groups is 1. The SMILES string of the molecule is Cc1ccc(C(=O)NCCC(N)=S)s1. The van der Waals surface area contributed by atoms with E-state index in [1.54, 1.807) is 0 Å². The molecular formula is C9H12N2OS2. The van der Waals surface area contributed by atoms with Crippen LogP contribution in [0.25, 0.3) is 0 Å². The van der Waals surface area contributed by atoms with Gasteiger partial charge >= 0.3 is 0 Å². The lowest BCUT2D eigenvalue weighted by Gasteiger charge is -2.01. The van der Waals surface area contributed by atoms with Gasteiger partial charge in [0.1, 0.15) is 0 Å². The summed E-state index contributed by atoms with van der Waals surface area (Å²) in [7, 11) is 0. The maximum absolute atomic E-state index is 11.5. The second-order valence-corrected chi connectivity index (χ2v) is 4.69. The molecule has 0 bridgehead atoms. The van der Waals surface area contributed by atoms with E-state index in [0.717, 1.165) is 9.75 Å². The third-order valence-electron chi connectivity index (χ3n) is 1.62. The molecule has 14 heavy (non-hydrogen) atoms. The van der Waals surface area contributed by atoms with Crippen molar-refractivity contribution in [2.24, 2.45) is 5.73 Å². The number of thiophene rings is 1. The van der Waals surface area contributed by atoms with Crippen LogP contribution in [0.4, 0.5) is 0 Å². The number of carbonyl (C=O) groups excluding carboxylic acids is 1. The van der Waals surface area contributed by atoms with Crippen molar-refractivity contribution < 1.29 is 4.79 Å². The van der Waals surface area contributed by atoms with Crippen LogP contribution in [-0.4, -0.2) is 17.4 Å². The van der Waals surface area contributed by atoms with Crippen LogP contribution in [0.5, 0.6) is 0 Å². The minimum absolute atomic E-state index is 0.0562. The average Bonchev–Trinajstić information content (AvgIpc) is 2.51. The largest absolute Gasteiger partial charge is 0.393 e. The number of rotatable bonds is 4. The summed E-state index contributed by atoms with van der Waals surface area (Å²) in [6.07, 6.45) is 0.547. The molecule has 5 heteroatoms. The molecule has 1 aromatic rings. The summed E-state index contributed by atoms with van der Waals surface area (Å²) in [6.45, 7) is 2.47. The molecule has 0 fully saturated rings. The molecule has 1 aromatic heterocycles. The molecule has 76 valence electrons. The summed E-state index contributed by atoms with van der Waals surface area (Å²) in [5, 5.41) is 2.75. The fourth-order valence-corrected chi connectivity index (χ4v) is 1.83. The molecule has 0 unspecified atom stereocenters. The zero-order valence-corrected chi connectivity index (χ0v) is 9.50. The standard InChI is InChI=1S/C9H12N2OS2/c1-6-2-3-7(14-6)9(12)11-5-4-8(10)13/h2-3H,4-5H2,1H3,(H2,10,13)(H,11,12). The van der Waals surface area contributed by atoms with E-state index >= 15 is 0 Å². The number of nitrogens with one attached hydrogen (secondary N) is 1. The number of hydrogen-bond donors (Lipinski definition) is 2. The Labute approximate surface area is 92.3 Å². The molecule has 1 rings (SSSR count). The van der Waals surface area contributed by atoms with E-state index in [-0.39, 0.29) is 5.91 Å². The summed E-state index contributed by atoms with van der Waals surface area (Å²) in [5.74, 6) is -0.0562. The predicted molar refractivity (Wildman–Crippen MR) is 62.8 cm³/mol. The van der Waals surface area contributed by atoms with Crippen molar-refractivity contribution in [2.75, 3.05) is 6.54 Å². The number of nitrogens with two attached hydrogens (primary N) is 1. The molecule has 0 aromatic carbocycles. The Bertz CT molecular complexity index is 346. The molecule has 3 nitrogen and oxygen atoms in total. The Kier molecular flexibility index (Phi) is 4.03. The van der Waals surface area contributed by atoms with E-state index in [4.69, 9.17) is 18.0 Å². The first kappa shape index (κ1) is 11.1. The van der Waals surface area contributed by atoms with Gasteiger partial charge in [-0.15, -0.1) is 11.3 Å². The molecule has 0 radical (unpaired) electrons. The molecule has 0 aliphatic heterocycles. The predicted octanol–water partition coefficient (Wildman–Crippen LogP) is 1.46. The maximum atomic E-state index is 11.5. The Morgan fingerprint density at radius 2 is 2.36 bits per heavy atom. The molecule has 0 saturated carbocycles. The highest BCUT2D eigenvalue weighted by atomic mass is 32.1. The van der Waals surface area contributed by atoms with E-state index in [1.807, 2.05) is 19.1 Å². The molecule has 0 atom stereocenters. The Morgan fingerprint density at radius 1 is 1.64 bits per heavy atom. The summed E-state index contributed by atoms with van der Waals surface area (Å²) < 4.78 is 0.